The molecular weight excluding hydrogens is 310 g/mol. The highest BCUT2D eigenvalue weighted by Gasteiger charge is 2.12. The van der Waals surface area contributed by atoms with Crippen LogP contribution in [0.2, 0.25) is 0 Å². The molecule has 0 aliphatic heterocycles. The van der Waals surface area contributed by atoms with Crippen LogP contribution >= 0.6 is 0 Å². The van der Waals surface area contributed by atoms with E-state index in [9.17, 15) is 4.79 Å². The van der Waals surface area contributed by atoms with Crippen molar-refractivity contribution >= 4 is 17.6 Å². The highest BCUT2D eigenvalue weighted by atomic mass is 16.1. The van der Waals surface area contributed by atoms with Crippen LogP contribution in [0.5, 0.6) is 0 Å². The topological polar surface area (TPSA) is 46.9 Å². The van der Waals surface area contributed by atoms with Crippen molar-refractivity contribution in [3.63, 3.8) is 0 Å². The molecule has 126 valence electrons. The van der Waals surface area contributed by atoms with Gasteiger partial charge in [0, 0.05) is 18.3 Å². The summed E-state index contributed by atoms with van der Waals surface area (Å²) >= 11 is 0. The summed E-state index contributed by atoms with van der Waals surface area (Å²) in [5.41, 5.74) is 3.53. The molecule has 1 heterocycles. The van der Waals surface area contributed by atoms with E-state index in [4.69, 9.17) is 0 Å². The van der Waals surface area contributed by atoms with Crippen LogP contribution in [0.25, 0.3) is 11.6 Å². The number of amides is 1. The molecule has 0 fully saturated rings. The van der Waals surface area contributed by atoms with Crippen LogP contribution in [0.1, 0.15) is 23.7 Å². The van der Waals surface area contributed by atoms with Crippen molar-refractivity contribution in [2.45, 2.75) is 20.0 Å². The summed E-state index contributed by atoms with van der Waals surface area (Å²) in [4.78, 5) is 12.8. The molecule has 0 radical (unpaired) electrons. The quantitative estimate of drug-likeness (QED) is 0.552. The maximum absolute atomic E-state index is 12.8. The standard InChI is InChI=1S/C21H21N3O/c1-2-24-19(13-14-23-24)16-22-21(25)20(18-11-7-4-8-12-18)15-17-9-5-3-6-10-17/h3-15H,2,16H2,1H3,(H,22,25)/b20-15-. The zero-order chi connectivity index (χ0) is 17.5. The van der Waals surface area contributed by atoms with E-state index in [0.29, 0.717) is 12.1 Å². The number of hydrogen-bond acceptors (Lipinski definition) is 2. The maximum atomic E-state index is 12.8. The van der Waals surface area contributed by atoms with E-state index < -0.39 is 0 Å². The van der Waals surface area contributed by atoms with Gasteiger partial charge in [0.1, 0.15) is 0 Å². The van der Waals surface area contributed by atoms with Gasteiger partial charge in [-0.15, -0.1) is 0 Å². The molecule has 4 heteroatoms. The first kappa shape index (κ1) is 16.7. The van der Waals surface area contributed by atoms with Gasteiger partial charge in [-0.3, -0.25) is 9.48 Å². The zero-order valence-corrected chi connectivity index (χ0v) is 14.2. The van der Waals surface area contributed by atoms with Gasteiger partial charge in [-0.1, -0.05) is 60.7 Å². The first-order valence-electron chi connectivity index (χ1n) is 8.39. The van der Waals surface area contributed by atoms with Gasteiger partial charge in [0.15, 0.2) is 0 Å². The Balaban J connectivity index is 1.84. The molecule has 0 atom stereocenters. The summed E-state index contributed by atoms with van der Waals surface area (Å²) < 4.78 is 1.88. The lowest BCUT2D eigenvalue weighted by Crippen LogP contribution is -2.25. The van der Waals surface area contributed by atoms with Gasteiger partial charge in [0.25, 0.3) is 5.91 Å². The van der Waals surface area contributed by atoms with Gasteiger partial charge < -0.3 is 5.32 Å². The van der Waals surface area contributed by atoms with Crippen LogP contribution < -0.4 is 5.32 Å². The van der Waals surface area contributed by atoms with Crippen LogP contribution in [-0.4, -0.2) is 15.7 Å². The van der Waals surface area contributed by atoms with Crippen LogP contribution in [0, 0.1) is 0 Å². The molecule has 0 saturated carbocycles. The van der Waals surface area contributed by atoms with Crippen molar-refractivity contribution in [1.82, 2.24) is 15.1 Å². The van der Waals surface area contributed by atoms with Gasteiger partial charge >= 0.3 is 0 Å². The molecule has 3 rings (SSSR count). The van der Waals surface area contributed by atoms with E-state index >= 15 is 0 Å². The number of carbonyl (C=O) groups is 1. The minimum Gasteiger partial charge on any atom is -0.346 e. The molecule has 2 aromatic carbocycles. The van der Waals surface area contributed by atoms with Gasteiger partial charge in [-0.25, -0.2) is 0 Å². The summed E-state index contributed by atoms with van der Waals surface area (Å²) in [6.07, 6.45) is 3.67. The Bertz CT molecular complexity index is 851. The predicted octanol–water partition coefficient (Wildman–Crippen LogP) is 3.76. The molecule has 1 aromatic heterocycles. The fourth-order valence-electron chi connectivity index (χ4n) is 2.67. The Labute approximate surface area is 147 Å². The van der Waals surface area contributed by atoms with Gasteiger partial charge in [0.2, 0.25) is 0 Å². The van der Waals surface area contributed by atoms with Crippen molar-refractivity contribution in [1.29, 1.82) is 0 Å². The van der Waals surface area contributed by atoms with Crippen LogP contribution in [0.4, 0.5) is 0 Å². The number of rotatable bonds is 6. The minimum atomic E-state index is -0.0982. The SMILES string of the molecule is CCn1nccc1CNC(=O)/C(=C\c1ccccc1)c1ccccc1. The van der Waals surface area contributed by atoms with E-state index in [1.807, 2.05) is 84.4 Å². The lowest BCUT2D eigenvalue weighted by molar-refractivity contribution is -0.115. The third kappa shape index (κ3) is 4.23. The molecular formula is C21H21N3O. The molecule has 1 N–H and O–H groups in total. The average molecular weight is 331 g/mol. The summed E-state index contributed by atoms with van der Waals surface area (Å²) in [7, 11) is 0. The second kappa shape index (κ2) is 8.11. The van der Waals surface area contributed by atoms with Crippen LogP contribution in [0.3, 0.4) is 0 Å². The van der Waals surface area contributed by atoms with Crippen molar-refractivity contribution in [2.75, 3.05) is 0 Å². The van der Waals surface area contributed by atoms with E-state index in [1.165, 1.54) is 0 Å². The molecule has 0 unspecified atom stereocenters. The molecule has 0 aliphatic carbocycles. The number of aromatic nitrogens is 2. The normalized spacial score (nSPS) is 11.3. The molecule has 4 nitrogen and oxygen atoms in total. The number of aryl methyl sites for hydroxylation is 1. The number of carbonyl (C=O) groups excluding carboxylic acids is 1. The first-order chi connectivity index (χ1) is 12.3. The van der Waals surface area contributed by atoms with Gasteiger partial charge in [-0.2, -0.15) is 5.10 Å². The van der Waals surface area contributed by atoms with Gasteiger partial charge in [0.05, 0.1) is 12.2 Å². The highest BCUT2D eigenvalue weighted by molar-refractivity contribution is 6.24. The number of nitrogens with zero attached hydrogens (tertiary/aromatic N) is 2. The number of benzene rings is 2. The highest BCUT2D eigenvalue weighted by Crippen LogP contribution is 2.18. The Kier molecular flexibility index (Phi) is 5.42. The minimum absolute atomic E-state index is 0.0982. The molecule has 0 bridgehead atoms. The number of hydrogen-bond donors (Lipinski definition) is 1. The predicted molar refractivity (Wildman–Crippen MR) is 101 cm³/mol. The van der Waals surface area contributed by atoms with Crippen molar-refractivity contribution in [3.8, 4) is 0 Å². The van der Waals surface area contributed by atoms with E-state index in [0.717, 1.165) is 23.4 Å². The summed E-state index contributed by atoms with van der Waals surface area (Å²) in [5.74, 6) is -0.0982. The van der Waals surface area contributed by atoms with E-state index in [-0.39, 0.29) is 5.91 Å². The van der Waals surface area contributed by atoms with Crippen molar-refractivity contribution in [2.24, 2.45) is 0 Å². The average Bonchev–Trinajstić information content (AvgIpc) is 3.13. The van der Waals surface area contributed by atoms with Gasteiger partial charge in [-0.05, 0) is 30.2 Å². The van der Waals surface area contributed by atoms with Crippen molar-refractivity contribution in [3.05, 3.63) is 89.7 Å². The zero-order valence-electron chi connectivity index (χ0n) is 14.2. The van der Waals surface area contributed by atoms with Crippen LogP contribution in [0.15, 0.2) is 72.9 Å². The third-order valence-electron chi connectivity index (χ3n) is 3.97. The smallest absolute Gasteiger partial charge is 0.252 e. The van der Waals surface area contributed by atoms with Crippen LogP contribution in [-0.2, 0) is 17.9 Å². The summed E-state index contributed by atoms with van der Waals surface area (Å²) in [5, 5.41) is 7.24. The Morgan fingerprint density at radius 2 is 1.72 bits per heavy atom. The largest absolute Gasteiger partial charge is 0.346 e. The lowest BCUT2D eigenvalue weighted by Gasteiger charge is -2.11. The molecule has 25 heavy (non-hydrogen) atoms. The second-order valence-corrected chi connectivity index (χ2v) is 5.66. The summed E-state index contributed by atoms with van der Waals surface area (Å²) in [6.45, 7) is 3.26. The fraction of sp³-hybridized carbons (Fsp3) is 0.143. The Morgan fingerprint density at radius 1 is 1.04 bits per heavy atom. The molecule has 1 amide bonds. The lowest BCUT2D eigenvalue weighted by atomic mass is 10.0. The third-order valence-corrected chi connectivity index (χ3v) is 3.97. The monoisotopic (exact) mass is 331 g/mol. The molecule has 3 aromatic rings. The maximum Gasteiger partial charge on any atom is 0.252 e. The van der Waals surface area contributed by atoms with E-state index in [1.54, 1.807) is 6.20 Å². The van der Waals surface area contributed by atoms with Crippen molar-refractivity contribution < 1.29 is 4.79 Å². The number of nitrogens with one attached hydrogen (secondary N) is 1. The van der Waals surface area contributed by atoms with E-state index in [2.05, 4.69) is 10.4 Å². The second-order valence-electron chi connectivity index (χ2n) is 5.66. The first-order valence-corrected chi connectivity index (χ1v) is 8.39. The summed E-state index contributed by atoms with van der Waals surface area (Å²) in [6, 6.07) is 21.5. The molecule has 0 saturated heterocycles. The Morgan fingerprint density at radius 3 is 2.40 bits per heavy atom. The molecule has 0 aliphatic rings. The molecule has 0 spiro atoms. The Hall–Kier alpha value is -3.14. The fourth-order valence-corrected chi connectivity index (χ4v) is 2.67.